The van der Waals surface area contributed by atoms with E-state index in [4.69, 9.17) is 11.6 Å². The van der Waals surface area contributed by atoms with Gasteiger partial charge in [-0.05, 0) is 15.9 Å². The van der Waals surface area contributed by atoms with E-state index in [1.165, 1.54) is 11.4 Å². The number of nitrogens with zero attached hydrogens (tertiary/aromatic N) is 3. The Labute approximate surface area is 134 Å². The molecule has 0 aliphatic heterocycles. The van der Waals surface area contributed by atoms with Gasteiger partial charge >= 0.3 is 0 Å². The molecule has 3 rings (SSSR count). The Morgan fingerprint density at radius 1 is 1.33 bits per heavy atom. The van der Waals surface area contributed by atoms with Crippen LogP contribution >= 0.6 is 27.5 Å². The SMILES string of the molecule is CC(=O)Nc1nn2c(Cl)cc(-c3ccccc3)nc2c1Br. The standard InChI is InChI=1S/C14H10BrClN4O/c1-8(21)17-13-12(15)14-18-10(7-11(16)20(14)19-13)9-5-3-2-4-6-9/h2-7H,1H3,(H,17,19,21). The van der Waals surface area contributed by atoms with Crippen LogP contribution in [0.15, 0.2) is 40.9 Å². The summed E-state index contributed by atoms with van der Waals surface area (Å²) in [6, 6.07) is 11.4. The highest BCUT2D eigenvalue weighted by atomic mass is 79.9. The number of nitrogens with one attached hydrogen (secondary N) is 1. The van der Waals surface area contributed by atoms with Crippen LogP contribution < -0.4 is 5.32 Å². The third-order valence-corrected chi connectivity index (χ3v) is 3.85. The maximum atomic E-state index is 11.2. The number of carbonyl (C=O) groups is 1. The van der Waals surface area contributed by atoms with E-state index in [2.05, 4.69) is 31.3 Å². The van der Waals surface area contributed by atoms with Gasteiger partial charge in [-0.15, -0.1) is 5.10 Å². The first-order valence-electron chi connectivity index (χ1n) is 6.14. The number of anilines is 1. The lowest BCUT2D eigenvalue weighted by Gasteiger charge is -2.03. The first kappa shape index (κ1) is 14.0. The second-order valence-corrected chi connectivity index (χ2v) is 5.59. The van der Waals surface area contributed by atoms with Gasteiger partial charge in [0, 0.05) is 18.6 Å². The van der Waals surface area contributed by atoms with Crippen LogP contribution in [0.5, 0.6) is 0 Å². The second kappa shape index (κ2) is 5.46. The molecule has 0 aliphatic rings. The number of rotatable bonds is 2. The highest BCUT2D eigenvalue weighted by Gasteiger charge is 2.16. The van der Waals surface area contributed by atoms with E-state index < -0.39 is 0 Å². The number of carbonyl (C=O) groups excluding carboxylic acids is 1. The van der Waals surface area contributed by atoms with Gasteiger partial charge < -0.3 is 5.32 Å². The minimum absolute atomic E-state index is 0.210. The van der Waals surface area contributed by atoms with Crippen molar-refractivity contribution >= 4 is 44.9 Å². The number of fused-ring (bicyclic) bond motifs is 1. The van der Waals surface area contributed by atoms with Gasteiger partial charge in [0.05, 0.1) is 5.69 Å². The predicted octanol–water partition coefficient (Wildman–Crippen LogP) is 3.77. The van der Waals surface area contributed by atoms with Crippen LogP contribution in [0.4, 0.5) is 5.82 Å². The maximum absolute atomic E-state index is 11.2. The molecule has 0 saturated heterocycles. The van der Waals surface area contributed by atoms with Crippen molar-refractivity contribution in [1.29, 1.82) is 0 Å². The Morgan fingerprint density at radius 2 is 2.05 bits per heavy atom. The van der Waals surface area contributed by atoms with Crippen molar-refractivity contribution < 1.29 is 4.79 Å². The average Bonchev–Trinajstić information content (AvgIpc) is 2.77. The molecule has 1 aromatic carbocycles. The summed E-state index contributed by atoms with van der Waals surface area (Å²) >= 11 is 9.66. The van der Waals surface area contributed by atoms with Crippen LogP contribution in [0.1, 0.15) is 6.92 Å². The van der Waals surface area contributed by atoms with Crippen LogP contribution in [-0.4, -0.2) is 20.5 Å². The highest BCUT2D eigenvalue weighted by molar-refractivity contribution is 9.10. The van der Waals surface area contributed by atoms with Crippen LogP contribution in [0.3, 0.4) is 0 Å². The van der Waals surface area contributed by atoms with Gasteiger partial charge in [-0.2, -0.15) is 0 Å². The lowest BCUT2D eigenvalue weighted by atomic mass is 10.1. The molecule has 0 atom stereocenters. The first-order chi connectivity index (χ1) is 10.1. The Kier molecular flexibility index (Phi) is 3.65. The summed E-state index contributed by atoms with van der Waals surface area (Å²) in [5, 5.41) is 7.28. The average molecular weight is 366 g/mol. The fourth-order valence-corrected chi connectivity index (χ4v) is 2.62. The molecule has 0 fully saturated rings. The van der Waals surface area contributed by atoms with Crippen molar-refractivity contribution in [3.8, 4) is 11.3 Å². The number of hydrogen-bond donors (Lipinski definition) is 1. The van der Waals surface area contributed by atoms with Crippen molar-refractivity contribution in [2.75, 3.05) is 5.32 Å². The molecule has 1 amide bonds. The zero-order valence-electron chi connectivity index (χ0n) is 11.0. The molecule has 1 N–H and O–H groups in total. The zero-order chi connectivity index (χ0) is 15.0. The van der Waals surface area contributed by atoms with E-state index in [-0.39, 0.29) is 5.91 Å². The number of halogens is 2. The lowest BCUT2D eigenvalue weighted by molar-refractivity contribution is -0.114. The Bertz CT molecular complexity index is 832. The molecule has 0 bridgehead atoms. The van der Waals surface area contributed by atoms with Gasteiger partial charge in [-0.25, -0.2) is 9.50 Å². The van der Waals surface area contributed by atoms with E-state index in [0.29, 0.717) is 21.1 Å². The van der Waals surface area contributed by atoms with Crippen molar-refractivity contribution in [3.05, 3.63) is 46.0 Å². The molecule has 2 aromatic heterocycles. The molecule has 0 unspecified atom stereocenters. The van der Waals surface area contributed by atoms with E-state index in [1.54, 1.807) is 6.07 Å². The molecule has 2 heterocycles. The molecule has 5 nitrogen and oxygen atoms in total. The van der Waals surface area contributed by atoms with E-state index in [0.717, 1.165) is 11.3 Å². The topological polar surface area (TPSA) is 59.3 Å². The summed E-state index contributed by atoms with van der Waals surface area (Å²) in [4.78, 5) is 15.7. The number of benzene rings is 1. The molecule has 3 aromatic rings. The summed E-state index contributed by atoms with van der Waals surface area (Å²) in [6.07, 6.45) is 0. The van der Waals surface area contributed by atoms with Crippen molar-refractivity contribution in [2.45, 2.75) is 6.92 Å². The van der Waals surface area contributed by atoms with Crippen LogP contribution in [0.25, 0.3) is 16.9 Å². The maximum Gasteiger partial charge on any atom is 0.222 e. The second-order valence-electron chi connectivity index (χ2n) is 4.41. The minimum atomic E-state index is -0.210. The van der Waals surface area contributed by atoms with Gasteiger partial charge in [0.2, 0.25) is 5.91 Å². The highest BCUT2D eigenvalue weighted by Crippen LogP contribution is 2.30. The molecule has 21 heavy (non-hydrogen) atoms. The molecule has 106 valence electrons. The van der Waals surface area contributed by atoms with Gasteiger partial charge in [0.15, 0.2) is 11.5 Å². The van der Waals surface area contributed by atoms with Gasteiger partial charge in [0.1, 0.15) is 9.63 Å². The minimum Gasteiger partial charge on any atom is -0.308 e. The number of aromatic nitrogens is 3. The summed E-state index contributed by atoms with van der Waals surface area (Å²) in [5.74, 6) is 0.181. The number of hydrogen-bond acceptors (Lipinski definition) is 3. The first-order valence-corrected chi connectivity index (χ1v) is 7.31. The molecule has 0 spiro atoms. The fourth-order valence-electron chi connectivity index (χ4n) is 1.96. The van der Waals surface area contributed by atoms with Gasteiger partial charge in [0.25, 0.3) is 0 Å². The Morgan fingerprint density at radius 3 is 2.71 bits per heavy atom. The quantitative estimate of drug-likeness (QED) is 0.703. The predicted molar refractivity (Wildman–Crippen MR) is 85.4 cm³/mol. The summed E-state index contributed by atoms with van der Waals surface area (Å²) < 4.78 is 2.07. The molecular formula is C14H10BrClN4O. The molecule has 7 heteroatoms. The smallest absolute Gasteiger partial charge is 0.222 e. The van der Waals surface area contributed by atoms with E-state index in [9.17, 15) is 4.79 Å². The Hall–Kier alpha value is -1.92. The molecular weight excluding hydrogens is 356 g/mol. The van der Waals surface area contributed by atoms with Crippen molar-refractivity contribution in [2.24, 2.45) is 0 Å². The summed E-state index contributed by atoms with van der Waals surface area (Å²) in [5.41, 5.74) is 2.24. The molecule has 0 aliphatic carbocycles. The molecule has 0 saturated carbocycles. The third kappa shape index (κ3) is 2.64. The monoisotopic (exact) mass is 364 g/mol. The third-order valence-electron chi connectivity index (χ3n) is 2.85. The van der Waals surface area contributed by atoms with E-state index in [1.807, 2.05) is 30.3 Å². The largest absolute Gasteiger partial charge is 0.308 e. The van der Waals surface area contributed by atoms with E-state index >= 15 is 0 Å². The van der Waals surface area contributed by atoms with Crippen LogP contribution in [0, 0.1) is 0 Å². The van der Waals surface area contributed by atoms with Crippen molar-refractivity contribution in [1.82, 2.24) is 14.6 Å². The fraction of sp³-hybridized carbons (Fsp3) is 0.0714. The molecule has 0 radical (unpaired) electrons. The van der Waals surface area contributed by atoms with Gasteiger partial charge in [-0.1, -0.05) is 41.9 Å². The Balaban J connectivity index is 2.19. The zero-order valence-corrected chi connectivity index (χ0v) is 13.3. The summed E-state index contributed by atoms with van der Waals surface area (Å²) in [6.45, 7) is 1.42. The number of amides is 1. The normalized spacial score (nSPS) is 10.8. The van der Waals surface area contributed by atoms with Crippen LogP contribution in [-0.2, 0) is 4.79 Å². The van der Waals surface area contributed by atoms with Gasteiger partial charge in [-0.3, -0.25) is 4.79 Å². The van der Waals surface area contributed by atoms with Crippen molar-refractivity contribution in [3.63, 3.8) is 0 Å². The summed E-state index contributed by atoms with van der Waals surface area (Å²) in [7, 11) is 0. The lowest BCUT2D eigenvalue weighted by Crippen LogP contribution is -2.06. The van der Waals surface area contributed by atoms with Crippen LogP contribution in [0.2, 0.25) is 5.15 Å².